The van der Waals surface area contributed by atoms with Gasteiger partial charge >= 0.3 is 0 Å². The maximum absolute atomic E-state index is 6.42. The molecule has 9 aliphatic rings. The molecule has 0 bridgehead atoms. The number of nitrogens with zero attached hydrogens (tertiary/aromatic N) is 2. The van der Waals surface area contributed by atoms with Crippen LogP contribution in [0.1, 0.15) is 141 Å². The van der Waals surface area contributed by atoms with E-state index in [2.05, 4.69) is 298 Å². The predicted octanol–water partition coefficient (Wildman–Crippen LogP) is 23.6. The zero-order valence-corrected chi connectivity index (χ0v) is 54.6. The van der Waals surface area contributed by atoms with Crippen molar-refractivity contribution in [3.05, 3.63) is 365 Å². The van der Waals surface area contributed by atoms with Crippen molar-refractivity contribution in [3.63, 3.8) is 0 Å². The Labute approximate surface area is 558 Å². The third kappa shape index (κ3) is 10.7. The van der Waals surface area contributed by atoms with E-state index in [1.54, 1.807) is 0 Å². The third-order valence-electron chi connectivity index (χ3n) is 22.4. The normalized spacial score (nSPS) is 23.2. The SMILES string of the molecule is C=CC1=CCC(OCCCCCC2(C3=CC=CCC3)c3ccccc3-c3ccc(N(C4=CC=C(c5ccc6c(c5)C5CC(C7=CC8C(C=C7)c7ccccc7C8(C)C)=CC=C5N6c5ccc(C6C=CC(C=C)=CC6)cc5)CC4)c4ccc(-c5ccccc5)cc4)cc32)C=C1. The van der Waals surface area contributed by atoms with Crippen molar-refractivity contribution in [1.29, 1.82) is 0 Å². The van der Waals surface area contributed by atoms with Crippen LogP contribution in [0, 0.1) is 5.92 Å². The second-order valence-corrected chi connectivity index (χ2v) is 27.9. The summed E-state index contributed by atoms with van der Waals surface area (Å²) in [5.41, 5.74) is 30.6. The standard InChI is InChI=1S/C91H84N2O/c1-5-62-28-32-65(33-29-62)67-36-47-75(48-37-67)93-88-54-41-69(58-82(88)83-59-70(42-55-89(83)93)71-40-52-80-78-24-14-16-26-84(78)90(3,4)86(80)60-71)68-38-45-74(46-39-68)92(73-43-34-66(35-44-73)64-20-10-7-11-21-64)76-49-53-81-79-25-15-17-27-85(79)91(87(81)61-76,72-22-12-8-13-23-72)56-18-9-19-57-94-77-50-30-63(6-2)31-51-77/h5-8,10-12,14-17,20-22,24-32,34-38,40-45,47-50,52-55,58,60-61,65,77,80,83,86H,1-2,9,13,18-19,23,33,39,46,51,56-57,59H2,3-4H3. The van der Waals surface area contributed by atoms with Gasteiger partial charge < -0.3 is 14.5 Å². The highest BCUT2D eigenvalue weighted by Crippen LogP contribution is 2.60. The lowest BCUT2D eigenvalue weighted by atomic mass is 9.66. The van der Waals surface area contributed by atoms with Crippen LogP contribution in [-0.4, -0.2) is 12.7 Å². The van der Waals surface area contributed by atoms with Gasteiger partial charge in [0.05, 0.1) is 6.10 Å². The van der Waals surface area contributed by atoms with Crippen LogP contribution < -0.4 is 9.80 Å². The lowest BCUT2D eigenvalue weighted by Gasteiger charge is -2.37. The summed E-state index contributed by atoms with van der Waals surface area (Å²) in [6.45, 7) is 13.6. The molecule has 6 atom stereocenters. The summed E-state index contributed by atoms with van der Waals surface area (Å²) in [7, 11) is 0. The molecule has 0 spiro atoms. The minimum Gasteiger partial charge on any atom is -0.374 e. The van der Waals surface area contributed by atoms with Gasteiger partial charge in [-0.2, -0.15) is 0 Å². The monoisotopic (exact) mass is 1220 g/mol. The summed E-state index contributed by atoms with van der Waals surface area (Å²) >= 11 is 0. The molecule has 0 saturated heterocycles. The molecular formula is C91H84N2O. The quantitative estimate of drug-likeness (QED) is 0.0797. The topological polar surface area (TPSA) is 15.7 Å². The molecular weight excluding hydrogens is 1140 g/mol. The number of benzene rings is 7. The summed E-state index contributed by atoms with van der Waals surface area (Å²) in [6, 6.07) is 62.8. The van der Waals surface area contributed by atoms with Crippen LogP contribution in [0.3, 0.4) is 0 Å². The minimum atomic E-state index is -0.244. The van der Waals surface area contributed by atoms with Crippen molar-refractivity contribution >= 4 is 28.3 Å². The maximum atomic E-state index is 6.42. The van der Waals surface area contributed by atoms with E-state index >= 15 is 0 Å². The molecule has 0 amide bonds. The molecule has 0 fully saturated rings. The van der Waals surface area contributed by atoms with Crippen LogP contribution in [0.25, 0.3) is 27.8 Å². The number of fused-ring (bicyclic) bond motifs is 9. The molecule has 0 N–H and O–H groups in total. The average Bonchev–Trinajstić information content (AvgIpc) is 1.55. The fourth-order valence-corrected chi connectivity index (χ4v) is 17.4. The van der Waals surface area contributed by atoms with Crippen molar-refractivity contribution in [2.24, 2.45) is 5.92 Å². The van der Waals surface area contributed by atoms with Gasteiger partial charge in [-0.25, -0.2) is 0 Å². The number of unbranched alkanes of at least 4 members (excludes halogenated alkanes) is 2. The number of ether oxygens (including phenoxy) is 1. The first-order valence-electron chi connectivity index (χ1n) is 34.8. The van der Waals surface area contributed by atoms with Crippen LogP contribution in [-0.2, 0) is 15.6 Å². The van der Waals surface area contributed by atoms with Crippen molar-refractivity contribution < 1.29 is 4.74 Å². The number of anilines is 4. The third-order valence-corrected chi connectivity index (χ3v) is 22.4. The van der Waals surface area contributed by atoms with Gasteiger partial charge in [0, 0.05) is 63.9 Å². The van der Waals surface area contributed by atoms with Crippen molar-refractivity contribution in [2.75, 3.05) is 16.4 Å². The molecule has 1 aliphatic heterocycles. The fraction of sp³-hybridized carbons (Fsp3) is 0.231. The van der Waals surface area contributed by atoms with Gasteiger partial charge in [-0.1, -0.05) is 258 Å². The Morgan fingerprint density at radius 3 is 2.11 bits per heavy atom. The predicted molar refractivity (Wildman–Crippen MR) is 395 cm³/mol. The second-order valence-electron chi connectivity index (χ2n) is 27.9. The molecule has 7 aromatic rings. The highest BCUT2D eigenvalue weighted by Gasteiger charge is 2.47. The van der Waals surface area contributed by atoms with Crippen LogP contribution in [0.15, 0.2) is 326 Å². The molecule has 1 heterocycles. The van der Waals surface area contributed by atoms with Crippen LogP contribution in [0.2, 0.25) is 0 Å². The molecule has 8 aliphatic carbocycles. The first-order chi connectivity index (χ1) is 46.2. The Kier molecular flexibility index (Phi) is 15.9. The van der Waals surface area contributed by atoms with Gasteiger partial charge in [-0.3, -0.25) is 0 Å². The smallest absolute Gasteiger partial charge is 0.0793 e. The van der Waals surface area contributed by atoms with Gasteiger partial charge in [-0.05, 0) is 219 Å². The van der Waals surface area contributed by atoms with Crippen molar-refractivity contribution in [2.45, 2.75) is 119 Å². The van der Waals surface area contributed by atoms with E-state index in [0.717, 1.165) is 77.2 Å². The molecule has 0 saturated carbocycles. The zero-order chi connectivity index (χ0) is 63.3. The molecule has 0 aromatic heterocycles. The van der Waals surface area contributed by atoms with Gasteiger partial charge in [0.15, 0.2) is 0 Å². The van der Waals surface area contributed by atoms with E-state index in [-0.39, 0.29) is 22.9 Å². The zero-order valence-electron chi connectivity index (χ0n) is 54.6. The van der Waals surface area contributed by atoms with Crippen LogP contribution in [0.5, 0.6) is 0 Å². The Balaban J connectivity index is 0.741. The van der Waals surface area contributed by atoms with E-state index in [4.69, 9.17) is 4.74 Å². The number of allylic oxidation sites excluding steroid dienone is 24. The molecule has 7 aromatic carbocycles. The van der Waals surface area contributed by atoms with Crippen molar-refractivity contribution in [3.8, 4) is 22.3 Å². The minimum absolute atomic E-state index is 0.0533. The van der Waals surface area contributed by atoms with Crippen LogP contribution in [0.4, 0.5) is 22.7 Å². The van der Waals surface area contributed by atoms with Gasteiger partial charge in [-0.15, -0.1) is 0 Å². The molecule has 0 radical (unpaired) electrons. The second kappa shape index (κ2) is 25.1. The Morgan fingerprint density at radius 2 is 1.34 bits per heavy atom. The largest absolute Gasteiger partial charge is 0.374 e. The summed E-state index contributed by atoms with van der Waals surface area (Å²) < 4.78 is 6.42. The van der Waals surface area contributed by atoms with Crippen LogP contribution >= 0.6 is 0 Å². The highest BCUT2D eigenvalue weighted by atomic mass is 16.5. The van der Waals surface area contributed by atoms with E-state index in [1.807, 2.05) is 12.2 Å². The van der Waals surface area contributed by atoms with Crippen molar-refractivity contribution in [1.82, 2.24) is 0 Å². The first-order valence-corrected chi connectivity index (χ1v) is 34.8. The fourth-order valence-electron chi connectivity index (χ4n) is 17.4. The van der Waals surface area contributed by atoms with Gasteiger partial charge in [0.1, 0.15) is 0 Å². The molecule has 94 heavy (non-hydrogen) atoms. The Bertz CT molecular complexity index is 4550. The van der Waals surface area contributed by atoms with E-state index in [1.165, 1.54) is 129 Å². The van der Waals surface area contributed by atoms with E-state index < -0.39 is 0 Å². The molecule has 6 unspecified atom stereocenters. The maximum Gasteiger partial charge on any atom is 0.0793 e. The molecule has 16 rings (SSSR count). The highest BCUT2D eigenvalue weighted by molar-refractivity contribution is 5.88. The lowest BCUT2D eigenvalue weighted by molar-refractivity contribution is 0.0828. The number of hydrogen-bond donors (Lipinski definition) is 0. The number of hydrogen-bond acceptors (Lipinski definition) is 3. The molecule has 3 nitrogen and oxygen atoms in total. The summed E-state index contributed by atoms with van der Waals surface area (Å²) in [6.07, 6.45) is 53.0. The van der Waals surface area contributed by atoms with E-state index in [9.17, 15) is 0 Å². The summed E-state index contributed by atoms with van der Waals surface area (Å²) in [4.78, 5) is 5.14. The molecule has 3 heteroatoms. The molecule has 464 valence electrons. The number of rotatable bonds is 18. The average molecular weight is 1220 g/mol. The lowest BCUT2D eigenvalue weighted by Crippen LogP contribution is -2.29. The Morgan fingerprint density at radius 1 is 0.596 bits per heavy atom. The summed E-state index contributed by atoms with van der Waals surface area (Å²) in [5.74, 6) is 1.40. The van der Waals surface area contributed by atoms with Gasteiger partial charge in [0.2, 0.25) is 0 Å². The first kappa shape index (κ1) is 59.5. The summed E-state index contributed by atoms with van der Waals surface area (Å²) in [5, 5.41) is 0. The Hall–Kier alpha value is -9.54. The van der Waals surface area contributed by atoms with E-state index in [0.29, 0.717) is 17.8 Å². The van der Waals surface area contributed by atoms with Gasteiger partial charge in [0.25, 0.3) is 0 Å².